The summed E-state index contributed by atoms with van der Waals surface area (Å²) in [4.78, 5) is 25.6. The predicted molar refractivity (Wildman–Crippen MR) is 104 cm³/mol. The molecule has 0 amide bonds. The minimum atomic E-state index is -2.23. The Balaban J connectivity index is 2.72. The maximum absolute atomic E-state index is 12.9. The van der Waals surface area contributed by atoms with Gasteiger partial charge < -0.3 is 0 Å². The van der Waals surface area contributed by atoms with E-state index in [1.807, 2.05) is 30.3 Å². The first-order valence-corrected chi connectivity index (χ1v) is 11.3. The molecule has 0 bridgehead atoms. The Morgan fingerprint density at radius 1 is 1.16 bits per heavy atom. The number of rotatable bonds is 4. The van der Waals surface area contributed by atoms with Crippen LogP contribution in [0, 0.1) is 12.3 Å². The zero-order valence-corrected chi connectivity index (χ0v) is 16.5. The summed E-state index contributed by atoms with van der Waals surface area (Å²) in [6.45, 7) is 10.8. The zero-order chi connectivity index (χ0) is 18.8. The molecule has 0 spiro atoms. The van der Waals surface area contributed by atoms with Crippen molar-refractivity contribution >= 4 is 13.4 Å². The van der Waals surface area contributed by atoms with Crippen molar-refractivity contribution in [1.82, 2.24) is 14.3 Å². The first kappa shape index (κ1) is 18.9. The van der Waals surface area contributed by atoms with Crippen molar-refractivity contribution in [2.45, 2.75) is 52.0 Å². The van der Waals surface area contributed by atoms with Crippen molar-refractivity contribution in [2.75, 3.05) is 0 Å². The molecule has 0 saturated heterocycles. The molecule has 2 rings (SSSR count). The third-order valence-corrected chi connectivity index (χ3v) is 10.3. The van der Waals surface area contributed by atoms with E-state index in [0.717, 1.165) is 10.1 Å². The molecule has 25 heavy (non-hydrogen) atoms. The molecule has 6 heteroatoms. The van der Waals surface area contributed by atoms with Gasteiger partial charge in [-0.1, -0.05) is 70.1 Å². The summed E-state index contributed by atoms with van der Waals surface area (Å²) < 4.78 is 2.50. The number of hydrogen-bond acceptors (Lipinski definition) is 3. The third-order valence-electron chi connectivity index (χ3n) is 5.01. The van der Waals surface area contributed by atoms with Gasteiger partial charge in [-0.25, -0.2) is 14.0 Å². The minimum absolute atomic E-state index is 0.0450. The van der Waals surface area contributed by atoms with Crippen LogP contribution in [0.1, 0.15) is 26.3 Å². The van der Waals surface area contributed by atoms with Gasteiger partial charge in [0.25, 0.3) is 5.56 Å². The van der Waals surface area contributed by atoms with Crippen LogP contribution in [0.3, 0.4) is 0 Å². The van der Waals surface area contributed by atoms with Crippen LogP contribution in [0.15, 0.2) is 39.9 Å². The van der Waals surface area contributed by atoms with Crippen molar-refractivity contribution in [3.63, 3.8) is 0 Å². The molecule has 0 radical (unpaired) electrons. The van der Waals surface area contributed by atoms with E-state index in [4.69, 9.17) is 6.42 Å². The first-order chi connectivity index (χ1) is 11.6. The van der Waals surface area contributed by atoms with Crippen LogP contribution in [-0.2, 0) is 13.1 Å². The Labute approximate surface area is 149 Å². The van der Waals surface area contributed by atoms with Gasteiger partial charge >= 0.3 is 5.69 Å². The van der Waals surface area contributed by atoms with Gasteiger partial charge in [0.15, 0.2) is 0 Å². The van der Waals surface area contributed by atoms with Gasteiger partial charge in [0.1, 0.15) is 13.4 Å². The maximum Gasteiger partial charge on any atom is 0.348 e. The standard InChI is InChI=1S/C19H25N3O2Si/c1-7-13-21-17(23)16(25(5,6)19(2,3)4)20-22(18(21)24)14-15-11-9-8-10-12-15/h1,8-12H,13-14H2,2-6H3. The van der Waals surface area contributed by atoms with Crippen LogP contribution >= 0.6 is 0 Å². The van der Waals surface area contributed by atoms with Crippen molar-refractivity contribution < 1.29 is 0 Å². The molecule has 0 saturated carbocycles. The fourth-order valence-corrected chi connectivity index (χ4v) is 4.15. The van der Waals surface area contributed by atoms with Crippen molar-refractivity contribution in [2.24, 2.45) is 0 Å². The van der Waals surface area contributed by atoms with Gasteiger partial charge in [-0.3, -0.25) is 4.79 Å². The average molecular weight is 356 g/mol. The van der Waals surface area contributed by atoms with Crippen LogP contribution in [0.5, 0.6) is 0 Å². The van der Waals surface area contributed by atoms with Crippen LogP contribution in [-0.4, -0.2) is 22.4 Å². The molecular weight excluding hydrogens is 330 g/mol. The van der Waals surface area contributed by atoms with Crippen molar-refractivity contribution in [3.8, 4) is 12.3 Å². The van der Waals surface area contributed by atoms with Crippen LogP contribution in [0.2, 0.25) is 18.1 Å². The molecule has 0 N–H and O–H groups in total. The molecule has 1 heterocycles. The van der Waals surface area contributed by atoms with Gasteiger partial charge in [0.05, 0.1) is 13.1 Å². The summed E-state index contributed by atoms with van der Waals surface area (Å²) in [7, 11) is -2.23. The number of nitrogens with zero attached hydrogens (tertiary/aromatic N) is 3. The minimum Gasteiger partial charge on any atom is -0.268 e. The quantitative estimate of drug-likeness (QED) is 0.621. The van der Waals surface area contributed by atoms with E-state index in [0.29, 0.717) is 11.9 Å². The Bertz CT molecular complexity index is 913. The highest BCUT2D eigenvalue weighted by atomic mass is 28.3. The SMILES string of the molecule is C#CCn1c(=O)c([Si](C)(C)C(C)(C)C)nn(Cc2ccccc2)c1=O. The molecule has 0 unspecified atom stereocenters. The maximum atomic E-state index is 12.9. The van der Waals surface area contributed by atoms with E-state index < -0.39 is 13.8 Å². The van der Waals surface area contributed by atoms with Gasteiger partial charge in [-0.05, 0) is 10.6 Å². The lowest BCUT2D eigenvalue weighted by Gasteiger charge is -2.35. The highest BCUT2D eigenvalue weighted by Crippen LogP contribution is 2.34. The number of aromatic nitrogens is 3. The van der Waals surface area contributed by atoms with E-state index in [-0.39, 0.29) is 17.1 Å². The lowest BCUT2D eigenvalue weighted by atomic mass is 10.2. The van der Waals surface area contributed by atoms with E-state index in [1.54, 1.807) is 0 Å². The fourth-order valence-electron chi connectivity index (χ4n) is 2.40. The summed E-state index contributed by atoms with van der Waals surface area (Å²) in [6.07, 6.45) is 5.38. The van der Waals surface area contributed by atoms with Crippen molar-refractivity contribution in [1.29, 1.82) is 0 Å². The molecule has 1 aromatic carbocycles. The molecule has 0 aliphatic rings. The van der Waals surface area contributed by atoms with E-state index in [9.17, 15) is 9.59 Å². The lowest BCUT2D eigenvalue weighted by molar-refractivity contribution is 0.555. The topological polar surface area (TPSA) is 56.9 Å². The van der Waals surface area contributed by atoms with Gasteiger partial charge in [0.2, 0.25) is 0 Å². The third kappa shape index (κ3) is 3.66. The second kappa shape index (κ2) is 6.85. The highest BCUT2D eigenvalue weighted by molar-refractivity contribution is 6.91. The summed E-state index contributed by atoms with van der Waals surface area (Å²) in [5, 5.41) is 4.92. The van der Waals surface area contributed by atoms with Crippen LogP contribution in [0.4, 0.5) is 0 Å². The first-order valence-electron chi connectivity index (χ1n) is 8.29. The molecule has 0 atom stereocenters. The number of terminal acetylenes is 1. The largest absolute Gasteiger partial charge is 0.348 e. The Hall–Kier alpha value is -2.39. The van der Waals surface area contributed by atoms with Crippen LogP contribution < -0.4 is 16.6 Å². The molecule has 132 valence electrons. The Morgan fingerprint density at radius 3 is 2.28 bits per heavy atom. The summed E-state index contributed by atoms with van der Waals surface area (Å²) in [5.74, 6) is 2.41. The molecule has 2 aromatic rings. The summed E-state index contributed by atoms with van der Waals surface area (Å²) >= 11 is 0. The number of hydrogen-bond donors (Lipinski definition) is 0. The Kier molecular flexibility index (Phi) is 5.19. The normalized spacial score (nSPS) is 12.0. The molecule has 5 nitrogen and oxygen atoms in total. The number of benzene rings is 1. The van der Waals surface area contributed by atoms with Crippen LogP contribution in [0.25, 0.3) is 0 Å². The van der Waals surface area contributed by atoms with E-state index in [2.05, 4.69) is 44.9 Å². The van der Waals surface area contributed by atoms with E-state index >= 15 is 0 Å². The fraction of sp³-hybridized carbons (Fsp3) is 0.421. The van der Waals surface area contributed by atoms with Gasteiger partial charge in [0, 0.05) is 0 Å². The monoisotopic (exact) mass is 355 g/mol. The highest BCUT2D eigenvalue weighted by Gasteiger charge is 2.41. The lowest BCUT2D eigenvalue weighted by Crippen LogP contribution is -2.63. The second-order valence-electron chi connectivity index (χ2n) is 7.74. The van der Waals surface area contributed by atoms with Crippen molar-refractivity contribution in [3.05, 3.63) is 56.7 Å². The average Bonchev–Trinajstić information content (AvgIpc) is 2.54. The summed E-state index contributed by atoms with van der Waals surface area (Å²) in [5.41, 5.74) is 0.136. The summed E-state index contributed by atoms with van der Waals surface area (Å²) in [6, 6.07) is 9.59. The van der Waals surface area contributed by atoms with Gasteiger partial charge in [-0.15, -0.1) is 6.42 Å². The molecule has 0 aliphatic heterocycles. The molecule has 0 aliphatic carbocycles. The zero-order valence-electron chi connectivity index (χ0n) is 15.5. The molecule has 0 fully saturated rings. The Morgan fingerprint density at radius 2 is 1.76 bits per heavy atom. The smallest absolute Gasteiger partial charge is 0.268 e. The second-order valence-corrected chi connectivity index (χ2v) is 13.0. The predicted octanol–water partition coefficient (Wildman–Crippen LogP) is 1.80. The van der Waals surface area contributed by atoms with E-state index in [1.165, 1.54) is 4.68 Å². The van der Waals surface area contributed by atoms with Gasteiger partial charge in [-0.2, -0.15) is 5.10 Å². The molecular formula is C19H25N3O2Si. The molecule has 1 aromatic heterocycles.